The average Bonchev–Trinajstić information content (AvgIpc) is 2.82. The highest BCUT2D eigenvalue weighted by molar-refractivity contribution is 14.1. The fraction of sp³-hybridized carbons (Fsp3) is 0.385. The van der Waals surface area contributed by atoms with Gasteiger partial charge in [-0.3, -0.25) is 9.89 Å². The van der Waals surface area contributed by atoms with Crippen LogP contribution < -0.4 is 10.6 Å². The van der Waals surface area contributed by atoms with E-state index in [0.717, 1.165) is 40.4 Å². The van der Waals surface area contributed by atoms with Crippen LogP contribution in [-0.4, -0.2) is 35.2 Å². The summed E-state index contributed by atoms with van der Waals surface area (Å²) in [7, 11) is 0. The number of H-pyrrole nitrogens is 1. The molecule has 19 heavy (non-hydrogen) atoms. The van der Waals surface area contributed by atoms with Gasteiger partial charge in [0.15, 0.2) is 5.69 Å². The molecule has 1 aliphatic heterocycles. The molecule has 0 aliphatic carbocycles. The third-order valence-corrected chi connectivity index (χ3v) is 4.09. The molecule has 0 unspecified atom stereocenters. The number of fused-ring (bicyclic) bond motifs is 1. The van der Waals surface area contributed by atoms with Gasteiger partial charge in [-0.1, -0.05) is 0 Å². The van der Waals surface area contributed by atoms with Crippen LogP contribution in [0.2, 0.25) is 0 Å². The molecule has 1 aromatic heterocycles. The number of hydrogen-bond donors (Lipinski definition) is 3. The Hall–Kier alpha value is -1.15. The zero-order valence-corrected chi connectivity index (χ0v) is 12.5. The van der Waals surface area contributed by atoms with Crippen LogP contribution in [-0.2, 0) is 0 Å². The standard InChI is InChI=1S/C13H15IN4O/c14-8-1-2-11-10(7-8)12(18-17-11)13(19)16-9-3-5-15-6-4-9/h1-2,7,9,15H,3-6H2,(H,16,19)(H,17,18). The summed E-state index contributed by atoms with van der Waals surface area (Å²) in [5.41, 5.74) is 1.39. The summed E-state index contributed by atoms with van der Waals surface area (Å²) in [4.78, 5) is 12.3. The Morgan fingerprint density at radius 1 is 1.37 bits per heavy atom. The number of carbonyl (C=O) groups is 1. The second-order valence-electron chi connectivity index (χ2n) is 4.76. The quantitative estimate of drug-likeness (QED) is 0.705. The van der Waals surface area contributed by atoms with E-state index in [9.17, 15) is 4.79 Å². The van der Waals surface area contributed by atoms with Crippen molar-refractivity contribution < 1.29 is 4.79 Å². The number of aromatic amines is 1. The van der Waals surface area contributed by atoms with E-state index >= 15 is 0 Å². The first-order valence-corrected chi connectivity index (χ1v) is 7.47. The van der Waals surface area contributed by atoms with Gasteiger partial charge in [0.2, 0.25) is 0 Å². The molecule has 0 spiro atoms. The topological polar surface area (TPSA) is 69.8 Å². The van der Waals surface area contributed by atoms with E-state index in [2.05, 4.69) is 43.4 Å². The number of nitrogens with zero attached hydrogens (tertiary/aromatic N) is 1. The molecular formula is C13H15IN4O. The number of nitrogens with one attached hydrogen (secondary N) is 3. The first kappa shape index (κ1) is 12.9. The van der Waals surface area contributed by atoms with Crippen molar-refractivity contribution in [3.8, 4) is 0 Å². The lowest BCUT2D eigenvalue weighted by molar-refractivity contribution is 0.0926. The summed E-state index contributed by atoms with van der Waals surface area (Å²) in [6.45, 7) is 1.92. The molecule has 2 aromatic rings. The van der Waals surface area contributed by atoms with Crippen molar-refractivity contribution in [1.82, 2.24) is 20.8 Å². The number of hydrogen-bond acceptors (Lipinski definition) is 3. The van der Waals surface area contributed by atoms with E-state index in [4.69, 9.17) is 0 Å². The Kier molecular flexibility index (Phi) is 3.69. The van der Waals surface area contributed by atoms with Gasteiger partial charge >= 0.3 is 0 Å². The Morgan fingerprint density at radius 3 is 2.95 bits per heavy atom. The van der Waals surface area contributed by atoms with E-state index in [1.807, 2.05) is 18.2 Å². The Morgan fingerprint density at radius 2 is 2.16 bits per heavy atom. The fourth-order valence-electron chi connectivity index (χ4n) is 2.38. The van der Waals surface area contributed by atoms with Gasteiger partial charge in [0.25, 0.3) is 5.91 Å². The molecule has 100 valence electrons. The van der Waals surface area contributed by atoms with Crippen molar-refractivity contribution in [2.75, 3.05) is 13.1 Å². The highest BCUT2D eigenvalue weighted by Crippen LogP contribution is 2.19. The first-order valence-electron chi connectivity index (χ1n) is 6.39. The van der Waals surface area contributed by atoms with Crippen LogP contribution in [0.4, 0.5) is 0 Å². The molecule has 3 rings (SSSR count). The molecule has 3 N–H and O–H groups in total. The van der Waals surface area contributed by atoms with Crippen LogP contribution in [0.25, 0.3) is 10.9 Å². The van der Waals surface area contributed by atoms with Crippen molar-refractivity contribution in [2.24, 2.45) is 0 Å². The van der Waals surface area contributed by atoms with E-state index < -0.39 is 0 Å². The molecular weight excluding hydrogens is 355 g/mol. The number of aromatic nitrogens is 2. The van der Waals surface area contributed by atoms with E-state index in [1.165, 1.54) is 0 Å². The number of amides is 1. The summed E-state index contributed by atoms with van der Waals surface area (Å²) >= 11 is 2.24. The van der Waals surface area contributed by atoms with Gasteiger partial charge in [-0.05, 0) is 66.7 Å². The monoisotopic (exact) mass is 370 g/mol. The van der Waals surface area contributed by atoms with Gasteiger partial charge in [-0.25, -0.2) is 0 Å². The Balaban J connectivity index is 1.82. The second kappa shape index (κ2) is 5.46. The van der Waals surface area contributed by atoms with E-state index in [0.29, 0.717) is 5.69 Å². The largest absolute Gasteiger partial charge is 0.348 e. The van der Waals surface area contributed by atoms with Gasteiger partial charge < -0.3 is 10.6 Å². The summed E-state index contributed by atoms with van der Waals surface area (Å²) in [5, 5.41) is 14.3. The molecule has 5 nitrogen and oxygen atoms in total. The lowest BCUT2D eigenvalue weighted by Gasteiger charge is -2.23. The van der Waals surface area contributed by atoms with Crippen LogP contribution in [0.1, 0.15) is 23.3 Å². The first-order chi connectivity index (χ1) is 9.24. The molecule has 0 saturated carbocycles. The molecule has 1 aromatic carbocycles. The number of halogens is 1. The van der Waals surface area contributed by atoms with Crippen LogP contribution in [0.3, 0.4) is 0 Å². The second-order valence-corrected chi connectivity index (χ2v) is 6.01. The van der Waals surface area contributed by atoms with Gasteiger partial charge in [-0.15, -0.1) is 0 Å². The van der Waals surface area contributed by atoms with Crippen LogP contribution >= 0.6 is 22.6 Å². The predicted molar refractivity (Wildman–Crippen MR) is 82.2 cm³/mol. The molecule has 1 fully saturated rings. The maximum Gasteiger partial charge on any atom is 0.272 e. The number of piperidine rings is 1. The number of benzene rings is 1. The van der Waals surface area contributed by atoms with Gasteiger partial charge in [0.05, 0.1) is 5.52 Å². The predicted octanol–water partition coefficient (Wildman–Crippen LogP) is 1.65. The fourth-order valence-corrected chi connectivity index (χ4v) is 2.87. The van der Waals surface area contributed by atoms with Gasteiger partial charge in [0.1, 0.15) is 0 Å². The molecule has 0 atom stereocenters. The molecule has 2 heterocycles. The zero-order chi connectivity index (χ0) is 13.2. The maximum atomic E-state index is 12.3. The molecule has 0 bridgehead atoms. The van der Waals surface area contributed by atoms with Crippen molar-refractivity contribution in [3.05, 3.63) is 27.5 Å². The zero-order valence-electron chi connectivity index (χ0n) is 10.4. The highest BCUT2D eigenvalue weighted by atomic mass is 127. The Labute approximate surface area is 124 Å². The minimum absolute atomic E-state index is 0.0832. The summed E-state index contributed by atoms with van der Waals surface area (Å²) in [6, 6.07) is 6.18. The van der Waals surface area contributed by atoms with Crippen molar-refractivity contribution in [2.45, 2.75) is 18.9 Å². The van der Waals surface area contributed by atoms with Crippen LogP contribution in [0.5, 0.6) is 0 Å². The average molecular weight is 370 g/mol. The SMILES string of the molecule is O=C(NC1CCNCC1)c1n[nH]c2ccc(I)cc12. The minimum atomic E-state index is -0.0832. The smallest absolute Gasteiger partial charge is 0.272 e. The van der Waals surface area contributed by atoms with Crippen molar-refractivity contribution in [1.29, 1.82) is 0 Å². The molecule has 1 aliphatic rings. The van der Waals surface area contributed by atoms with Crippen LogP contribution in [0, 0.1) is 3.57 Å². The molecule has 6 heteroatoms. The molecule has 1 saturated heterocycles. The summed E-state index contributed by atoms with van der Waals surface area (Å²) in [5.74, 6) is -0.0832. The molecule has 1 amide bonds. The summed E-state index contributed by atoms with van der Waals surface area (Å²) in [6.07, 6.45) is 1.96. The van der Waals surface area contributed by atoms with E-state index in [1.54, 1.807) is 0 Å². The maximum absolute atomic E-state index is 12.3. The third kappa shape index (κ3) is 2.74. The number of carbonyl (C=O) groups excluding carboxylic acids is 1. The van der Waals surface area contributed by atoms with Gasteiger partial charge in [0, 0.05) is 15.0 Å². The molecule has 0 radical (unpaired) electrons. The van der Waals surface area contributed by atoms with Crippen molar-refractivity contribution in [3.63, 3.8) is 0 Å². The highest BCUT2D eigenvalue weighted by Gasteiger charge is 2.19. The van der Waals surface area contributed by atoms with E-state index in [-0.39, 0.29) is 11.9 Å². The van der Waals surface area contributed by atoms with Gasteiger partial charge in [-0.2, -0.15) is 5.10 Å². The minimum Gasteiger partial charge on any atom is -0.348 e. The van der Waals surface area contributed by atoms with Crippen LogP contribution in [0.15, 0.2) is 18.2 Å². The lowest BCUT2D eigenvalue weighted by Crippen LogP contribution is -2.42. The Bertz CT molecular complexity index is 604. The summed E-state index contributed by atoms with van der Waals surface area (Å²) < 4.78 is 1.10. The lowest BCUT2D eigenvalue weighted by atomic mass is 10.1. The number of rotatable bonds is 2. The van der Waals surface area contributed by atoms with Crippen molar-refractivity contribution >= 4 is 39.4 Å². The normalized spacial score (nSPS) is 16.7. The third-order valence-electron chi connectivity index (χ3n) is 3.41.